The number of methoxy groups -OCH3 is 1. The molecule has 4 heteroatoms. The van der Waals surface area contributed by atoms with Gasteiger partial charge in [0.15, 0.2) is 0 Å². The van der Waals surface area contributed by atoms with Crippen molar-refractivity contribution < 1.29 is 9.84 Å². The van der Waals surface area contributed by atoms with Crippen molar-refractivity contribution in [3.63, 3.8) is 0 Å². The topological polar surface area (TPSA) is 65.3 Å². The van der Waals surface area contributed by atoms with E-state index in [0.717, 1.165) is 13.0 Å². The molecule has 1 atom stereocenters. The van der Waals surface area contributed by atoms with Gasteiger partial charge in [0.05, 0.1) is 18.8 Å². The maximum absolute atomic E-state index is 9.15. The highest BCUT2D eigenvalue weighted by Crippen LogP contribution is 1.84. The van der Waals surface area contributed by atoms with Crippen LogP contribution in [0.5, 0.6) is 0 Å². The van der Waals surface area contributed by atoms with Crippen LogP contribution in [0.15, 0.2) is 0 Å². The molecule has 0 aliphatic carbocycles. The standard InChI is InChI=1S/C8H16N2O2/c1-12-7-8(11)6-10-5-3-2-4-9/h8,10-11H,2-3,5-7H2,1H3. The number of hydrogen-bond acceptors (Lipinski definition) is 4. The Hall–Kier alpha value is -0.630. The maximum atomic E-state index is 9.15. The summed E-state index contributed by atoms with van der Waals surface area (Å²) in [5.74, 6) is 0. The van der Waals surface area contributed by atoms with E-state index >= 15 is 0 Å². The largest absolute Gasteiger partial charge is 0.389 e. The van der Waals surface area contributed by atoms with Crippen molar-refractivity contribution in [1.29, 1.82) is 5.26 Å². The van der Waals surface area contributed by atoms with E-state index in [-0.39, 0.29) is 0 Å². The van der Waals surface area contributed by atoms with Crippen LogP contribution in [0.4, 0.5) is 0 Å². The second kappa shape index (κ2) is 8.47. The summed E-state index contributed by atoms with van der Waals surface area (Å²) in [4.78, 5) is 0. The fraction of sp³-hybridized carbons (Fsp3) is 0.875. The van der Waals surface area contributed by atoms with Gasteiger partial charge < -0.3 is 15.2 Å². The quantitative estimate of drug-likeness (QED) is 0.526. The Labute approximate surface area is 73.1 Å². The molecule has 0 saturated carbocycles. The number of nitrogens with one attached hydrogen (secondary N) is 1. The van der Waals surface area contributed by atoms with Crippen LogP contribution >= 0.6 is 0 Å². The van der Waals surface area contributed by atoms with Gasteiger partial charge in [0.25, 0.3) is 0 Å². The minimum absolute atomic E-state index is 0.352. The summed E-state index contributed by atoms with van der Waals surface area (Å²) in [7, 11) is 1.55. The van der Waals surface area contributed by atoms with Crippen molar-refractivity contribution in [2.24, 2.45) is 0 Å². The van der Waals surface area contributed by atoms with E-state index in [1.807, 2.05) is 0 Å². The number of hydrogen-bond donors (Lipinski definition) is 2. The summed E-state index contributed by atoms with van der Waals surface area (Å²) >= 11 is 0. The summed E-state index contributed by atoms with van der Waals surface area (Å²) in [5, 5.41) is 20.4. The van der Waals surface area contributed by atoms with E-state index < -0.39 is 6.10 Å². The molecule has 12 heavy (non-hydrogen) atoms. The summed E-state index contributed by atoms with van der Waals surface area (Å²) in [6, 6.07) is 2.05. The Balaban J connectivity index is 3.04. The molecule has 0 aliphatic heterocycles. The van der Waals surface area contributed by atoms with Crippen molar-refractivity contribution >= 4 is 0 Å². The van der Waals surface area contributed by atoms with E-state index in [9.17, 15) is 0 Å². The number of aliphatic hydroxyl groups excluding tert-OH is 1. The van der Waals surface area contributed by atoms with Crippen LogP contribution in [0.2, 0.25) is 0 Å². The van der Waals surface area contributed by atoms with E-state index in [2.05, 4.69) is 11.4 Å². The van der Waals surface area contributed by atoms with Crippen LogP contribution in [0, 0.1) is 11.3 Å². The first-order valence-corrected chi connectivity index (χ1v) is 4.06. The molecule has 70 valence electrons. The average molecular weight is 172 g/mol. The minimum Gasteiger partial charge on any atom is -0.389 e. The van der Waals surface area contributed by atoms with E-state index in [4.69, 9.17) is 15.1 Å². The van der Waals surface area contributed by atoms with Gasteiger partial charge in [0, 0.05) is 20.1 Å². The highest BCUT2D eigenvalue weighted by Gasteiger charge is 2.00. The van der Waals surface area contributed by atoms with Gasteiger partial charge in [0.1, 0.15) is 0 Å². The third-order valence-electron chi connectivity index (χ3n) is 1.38. The van der Waals surface area contributed by atoms with E-state index in [1.165, 1.54) is 0 Å². The monoisotopic (exact) mass is 172 g/mol. The highest BCUT2D eigenvalue weighted by molar-refractivity contribution is 4.69. The molecule has 1 unspecified atom stereocenters. The number of nitrogens with zero attached hydrogens (tertiary/aromatic N) is 1. The first-order valence-electron chi connectivity index (χ1n) is 4.06. The van der Waals surface area contributed by atoms with Gasteiger partial charge in [-0.3, -0.25) is 0 Å². The smallest absolute Gasteiger partial charge is 0.0897 e. The summed E-state index contributed by atoms with van der Waals surface area (Å²) < 4.78 is 4.74. The van der Waals surface area contributed by atoms with Crippen molar-refractivity contribution in [2.45, 2.75) is 18.9 Å². The molecule has 0 rings (SSSR count). The third-order valence-corrected chi connectivity index (χ3v) is 1.38. The Morgan fingerprint density at radius 2 is 2.42 bits per heavy atom. The van der Waals surface area contributed by atoms with Crippen molar-refractivity contribution in [1.82, 2.24) is 5.32 Å². The maximum Gasteiger partial charge on any atom is 0.0897 e. The average Bonchev–Trinajstić information content (AvgIpc) is 2.05. The van der Waals surface area contributed by atoms with Crippen LogP contribution < -0.4 is 5.32 Å². The molecule has 0 bridgehead atoms. The first-order chi connectivity index (χ1) is 5.81. The van der Waals surface area contributed by atoms with Crippen LogP contribution in [-0.4, -0.2) is 38.0 Å². The van der Waals surface area contributed by atoms with Gasteiger partial charge in [-0.1, -0.05) is 0 Å². The molecule has 0 aromatic rings. The van der Waals surface area contributed by atoms with Crippen molar-refractivity contribution in [3.05, 3.63) is 0 Å². The molecule has 0 amide bonds. The molecule has 4 nitrogen and oxygen atoms in total. The Kier molecular flexibility index (Phi) is 8.02. The molecule has 0 radical (unpaired) electrons. The lowest BCUT2D eigenvalue weighted by molar-refractivity contribution is 0.0647. The molecule has 0 fully saturated rings. The van der Waals surface area contributed by atoms with Crippen LogP contribution in [-0.2, 0) is 4.74 Å². The molecular weight excluding hydrogens is 156 g/mol. The van der Waals surface area contributed by atoms with Gasteiger partial charge >= 0.3 is 0 Å². The molecule has 2 N–H and O–H groups in total. The van der Waals surface area contributed by atoms with Crippen molar-refractivity contribution in [2.75, 3.05) is 26.8 Å². The lowest BCUT2D eigenvalue weighted by Crippen LogP contribution is -2.30. The van der Waals surface area contributed by atoms with Gasteiger partial charge in [-0.25, -0.2) is 0 Å². The molecular formula is C8H16N2O2. The number of ether oxygens (including phenoxy) is 1. The lowest BCUT2D eigenvalue weighted by Gasteiger charge is -2.09. The van der Waals surface area contributed by atoms with Gasteiger partial charge in [0.2, 0.25) is 0 Å². The second-order valence-corrected chi connectivity index (χ2v) is 2.57. The van der Waals surface area contributed by atoms with Gasteiger partial charge in [-0.2, -0.15) is 5.26 Å². The fourth-order valence-corrected chi connectivity index (χ4v) is 0.812. The molecule has 0 heterocycles. The van der Waals surface area contributed by atoms with Crippen LogP contribution in [0.25, 0.3) is 0 Å². The number of aliphatic hydroxyl groups is 1. The number of unbranched alkanes of at least 4 members (excludes halogenated alkanes) is 1. The molecule has 0 spiro atoms. The zero-order chi connectivity index (χ0) is 9.23. The number of nitriles is 1. The third kappa shape index (κ3) is 7.48. The van der Waals surface area contributed by atoms with E-state index in [1.54, 1.807) is 7.11 Å². The minimum atomic E-state index is -0.447. The first kappa shape index (κ1) is 11.4. The molecule has 0 aliphatic rings. The second-order valence-electron chi connectivity index (χ2n) is 2.57. The summed E-state index contributed by atoms with van der Waals surface area (Å²) in [5.41, 5.74) is 0. The Morgan fingerprint density at radius 1 is 1.67 bits per heavy atom. The zero-order valence-electron chi connectivity index (χ0n) is 7.42. The fourth-order valence-electron chi connectivity index (χ4n) is 0.812. The van der Waals surface area contributed by atoms with Crippen LogP contribution in [0.3, 0.4) is 0 Å². The normalized spacial score (nSPS) is 12.4. The SMILES string of the molecule is COCC(O)CNCCCC#N. The Morgan fingerprint density at radius 3 is 3.00 bits per heavy atom. The Bertz CT molecular complexity index is 134. The molecule has 0 aromatic carbocycles. The number of rotatable bonds is 7. The predicted molar refractivity (Wildman–Crippen MR) is 45.6 cm³/mol. The van der Waals surface area contributed by atoms with Crippen LogP contribution in [0.1, 0.15) is 12.8 Å². The van der Waals surface area contributed by atoms with E-state index in [0.29, 0.717) is 19.6 Å². The highest BCUT2D eigenvalue weighted by atomic mass is 16.5. The predicted octanol–water partition coefficient (Wildman–Crippen LogP) is -0.113. The molecule has 0 saturated heterocycles. The van der Waals surface area contributed by atoms with Gasteiger partial charge in [-0.05, 0) is 13.0 Å². The summed E-state index contributed by atoms with van der Waals surface area (Å²) in [6.45, 7) is 1.65. The zero-order valence-corrected chi connectivity index (χ0v) is 7.42. The van der Waals surface area contributed by atoms with Crippen molar-refractivity contribution in [3.8, 4) is 6.07 Å². The molecule has 0 aromatic heterocycles. The van der Waals surface area contributed by atoms with Gasteiger partial charge in [-0.15, -0.1) is 0 Å². The lowest BCUT2D eigenvalue weighted by atomic mass is 10.3. The summed E-state index contributed by atoms with van der Waals surface area (Å²) in [6.07, 6.45) is 0.945.